The molecule has 0 saturated carbocycles. The van der Waals surface area contributed by atoms with Crippen LogP contribution in [0.4, 0.5) is 0 Å². The van der Waals surface area contributed by atoms with E-state index < -0.39 is 0 Å². The average molecular weight is 192 g/mol. The fraction of sp³-hybridized carbons (Fsp3) is 0.538. The van der Waals surface area contributed by atoms with E-state index in [0.717, 1.165) is 12.8 Å². The Kier molecular flexibility index (Phi) is 4.68. The zero-order valence-electron chi connectivity index (χ0n) is 9.36. The van der Waals surface area contributed by atoms with E-state index in [4.69, 9.17) is 4.74 Å². The lowest BCUT2D eigenvalue weighted by atomic mass is 9.94. The van der Waals surface area contributed by atoms with E-state index in [1.54, 1.807) is 7.11 Å². The molecular formula is C13H20O. The summed E-state index contributed by atoms with van der Waals surface area (Å²) in [6.07, 6.45) is 2.58. The Bertz CT molecular complexity index is 239. The van der Waals surface area contributed by atoms with Crippen molar-refractivity contribution >= 4 is 0 Å². The number of ether oxygens (including phenoxy) is 1. The Morgan fingerprint density at radius 3 is 2.36 bits per heavy atom. The van der Waals surface area contributed by atoms with E-state index in [1.165, 1.54) is 5.56 Å². The molecule has 1 heteroatoms. The van der Waals surface area contributed by atoms with E-state index in [1.807, 2.05) is 0 Å². The van der Waals surface area contributed by atoms with Crippen LogP contribution in [-0.4, -0.2) is 13.2 Å². The molecule has 0 saturated heterocycles. The Hall–Kier alpha value is -0.820. The molecule has 78 valence electrons. The van der Waals surface area contributed by atoms with E-state index in [0.29, 0.717) is 12.0 Å². The van der Waals surface area contributed by atoms with Crippen LogP contribution in [0.2, 0.25) is 0 Å². The lowest BCUT2D eigenvalue weighted by Crippen LogP contribution is -2.21. The van der Waals surface area contributed by atoms with Crippen LogP contribution in [0.1, 0.15) is 25.8 Å². The van der Waals surface area contributed by atoms with Crippen molar-refractivity contribution in [3.63, 3.8) is 0 Å². The van der Waals surface area contributed by atoms with E-state index in [2.05, 4.69) is 44.2 Å². The summed E-state index contributed by atoms with van der Waals surface area (Å²) in [4.78, 5) is 0. The second-order valence-corrected chi connectivity index (χ2v) is 3.85. The van der Waals surface area contributed by atoms with Gasteiger partial charge in [0.25, 0.3) is 0 Å². The standard InChI is InChI=1S/C13H20O/c1-4-13(14-3)11(2)10-12-8-6-5-7-9-12/h5-9,11,13H,4,10H2,1-3H3/t11-,13-/m0/s1. The Morgan fingerprint density at radius 1 is 1.21 bits per heavy atom. The fourth-order valence-corrected chi connectivity index (χ4v) is 1.92. The summed E-state index contributed by atoms with van der Waals surface area (Å²) < 4.78 is 5.43. The van der Waals surface area contributed by atoms with Crippen molar-refractivity contribution in [2.24, 2.45) is 5.92 Å². The molecule has 1 rings (SSSR count). The highest BCUT2D eigenvalue weighted by molar-refractivity contribution is 5.15. The first-order valence-corrected chi connectivity index (χ1v) is 5.34. The molecule has 1 aromatic rings. The van der Waals surface area contributed by atoms with Gasteiger partial charge in [0.1, 0.15) is 0 Å². The quantitative estimate of drug-likeness (QED) is 0.695. The minimum atomic E-state index is 0.384. The molecule has 0 heterocycles. The maximum Gasteiger partial charge on any atom is 0.0597 e. The van der Waals surface area contributed by atoms with Gasteiger partial charge >= 0.3 is 0 Å². The number of benzene rings is 1. The second kappa shape index (κ2) is 5.82. The number of hydrogen-bond donors (Lipinski definition) is 0. The zero-order chi connectivity index (χ0) is 10.4. The summed E-state index contributed by atoms with van der Waals surface area (Å²) >= 11 is 0. The molecule has 0 unspecified atom stereocenters. The third-order valence-corrected chi connectivity index (χ3v) is 2.74. The molecule has 0 aliphatic carbocycles. The lowest BCUT2D eigenvalue weighted by molar-refractivity contribution is 0.0557. The van der Waals surface area contributed by atoms with Gasteiger partial charge in [0.05, 0.1) is 6.10 Å². The minimum absolute atomic E-state index is 0.384. The molecule has 0 aliphatic heterocycles. The van der Waals surface area contributed by atoms with Crippen molar-refractivity contribution in [2.45, 2.75) is 32.8 Å². The van der Waals surface area contributed by atoms with Crippen LogP contribution in [0.15, 0.2) is 30.3 Å². The van der Waals surface area contributed by atoms with Crippen molar-refractivity contribution in [1.82, 2.24) is 0 Å². The van der Waals surface area contributed by atoms with Crippen molar-refractivity contribution in [2.75, 3.05) is 7.11 Å². The fourth-order valence-electron chi connectivity index (χ4n) is 1.92. The molecular weight excluding hydrogens is 172 g/mol. The maximum absolute atomic E-state index is 5.43. The van der Waals surface area contributed by atoms with Gasteiger partial charge in [-0.3, -0.25) is 0 Å². The highest BCUT2D eigenvalue weighted by Gasteiger charge is 2.14. The molecule has 0 amide bonds. The first kappa shape index (κ1) is 11.3. The Balaban J connectivity index is 2.52. The third-order valence-electron chi connectivity index (χ3n) is 2.74. The second-order valence-electron chi connectivity index (χ2n) is 3.85. The van der Waals surface area contributed by atoms with Crippen LogP contribution in [-0.2, 0) is 11.2 Å². The van der Waals surface area contributed by atoms with Gasteiger partial charge in [-0.05, 0) is 24.3 Å². The lowest BCUT2D eigenvalue weighted by Gasteiger charge is -2.21. The van der Waals surface area contributed by atoms with Crippen LogP contribution in [0.5, 0.6) is 0 Å². The van der Waals surface area contributed by atoms with Gasteiger partial charge in [-0.2, -0.15) is 0 Å². The molecule has 0 spiro atoms. The topological polar surface area (TPSA) is 9.23 Å². The SMILES string of the molecule is CC[C@H](OC)[C@@H](C)Cc1ccccc1. The highest BCUT2D eigenvalue weighted by atomic mass is 16.5. The normalized spacial score (nSPS) is 15.1. The van der Waals surface area contributed by atoms with Gasteiger partial charge in [-0.15, -0.1) is 0 Å². The van der Waals surface area contributed by atoms with Crippen molar-refractivity contribution in [3.05, 3.63) is 35.9 Å². The first-order chi connectivity index (χ1) is 6.77. The number of hydrogen-bond acceptors (Lipinski definition) is 1. The van der Waals surface area contributed by atoms with E-state index >= 15 is 0 Å². The molecule has 14 heavy (non-hydrogen) atoms. The van der Waals surface area contributed by atoms with E-state index in [9.17, 15) is 0 Å². The van der Waals surface area contributed by atoms with Crippen molar-refractivity contribution in [3.8, 4) is 0 Å². The third kappa shape index (κ3) is 3.15. The summed E-state index contributed by atoms with van der Waals surface area (Å²) in [6, 6.07) is 10.6. The summed E-state index contributed by atoms with van der Waals surface area (Å²) in [5.41, 5.74) is 1.40. The summed E-state index contributed by atoms with van der Waals surface area (Å²) in [6.45, 7) is 4.43. The molecule has 0 radical (unpaired) electrons. The Morgan fingerprint density at radius 2 is 1.86 bits per heavy atom. The van der Waals surface area contributed by atoms with Gasteiger partial charge in [-0.1, -0.05) is 44.2 Å². The smallest absolute Gasteiger partial charge is 0.0597 e. The number of methoxy groups -OCH3 is 1. The maximum atomic E-state index is 5.43. The summed E-state index contributed by atoms with van der Waals surface area (Å²) in [7, 11) is 1.80. The van der Waals surface area contributed by atoms with Crippen LogP contribution in [0.25, 0.3) is 0 Å². The molecule has 1 aromatic carbocycles. The van der Waals surface area contributed by atoms with Crippen molar-refractivity contribution < 1.29 is 4.74 Å². The zero-order valence-corrected chi connectivity index (χ0v) is 9.36. The van der Waals surface area contributed by atoms with Crippen LogP contribution < -0.4 is 0 Å². The molecule has 2 atom stereocenters. The minimum Gasteiger partial charge on any atom is -0.381 e. The summed E-state index contributed by atoms with van der Waals surface area (Å²) in [5.74, 6) is 0.590. The van der Waals surface area contributed by atoms with Gasteiger partial charge in [0.15, 0.2) is 0 Å². The van der Waals surface area contributed by atoms with Crippen LogP contribution in [0, 0.1) is 5.92 Å². The molecule has 0 bridgehead atoms. The summed E-state index contributed by atoms with van der Waals surface area (Å²) in [5, 5.41) is 0. The molecule has 0 fully saturated rings. The Labute approximate surface area is 87.1 Å². The van der Waals surface area contributed by atoms with Crippen LogP contribution >= 0.6 is 0 Å². The molecule has 0 aromatic heterocycles. The highest BCUT2D eigenvalue weighted by Crippen LogP contribution is 2.16. The first-order valence-electron chi connectivity index (χ1n) is 5.34. The number of rotatable bonds is 5. The van der Waals surface area contributed by atoms with E-state index in [-0.39, 0.29) is 0 Å². The molecule has 1 nitrogen and oxygen atoms in total. The van der Waals surface area contributed by atoms with Crippen molar-refractivity contribution in [1.29, 1.82) is 0 Å². The van der Waals surface area contributed by atoms with Gasteiger partial charge in [0, 0.05) is 7.11 Å². The average Bonchev–Trinajstić information content (AvgIpc) is 2.21. The molecule has 0 aliphatic rings. The predicted molar refractivity (Wildman–Crippen MR) is 60.4 cm³/mol. The monoisotopic (exact) mass is 192 g/mol. The van der Waals surface area contributed by atoms with Crippen LogP contribution in [0.3, 0.4) is 0 Å². The van der Waals surface area contributed by atoms with Gasteiger partial charge < -0.3 is 4.74 Å². The van der Waals surface area contributed by atoms with Gasteiger partial charge in [0.2, 0.25) is 0 Å². The van der Waals surface area contributed by atoms with Gasteiger partial charge in [-0.25, -0.2) is 0 Å². The molecule has 0 N–H and O–H groups in total. The predicted octanol–water partition coefficient (Wildman–Crippen LogP) is 3.29. The largest absolute Gasteiger partial charge is 0.381 e.